The first-order valence-corrected chi connectivity index (χ1v) is 1.60. The zero-order valence-corrected chi connectivity index (χ0v) is 4.04. The van der Waals surface area contributed by atoms with E-state index in [4.69, 9.17) is 23.2 Å². The van der Waals surface area contributed by atoms with Gasteiger partial charge in [0.25, 0.3) is 0 Å². The van der Waals surface area contributed by atoms with Crippen molar-refractivity contribution in [3.63, 3.8) is 0 Å². The maximum Gasteiger partial charge on any atom is 0.0967 e. The van der Waals surface area contributed by atoms with Crippen molar-refractivity contribution in [1.82, 2.24) is 0 Å². The van der Waals surface area contributed by atoms with Gasteiger partial charge >= 0.3 is 0 Å². The van der Waals surface area contributed by atoms with Gasteiger partial charge < -0.3 is 0 Å². The minimum atomic E-state index is 0. The maximum atomic E-state index is 4.76. The summed E-state index contributed by atoms with van der Waals surface area (Å²) in [6.07, 6.45) is 0. The van der Waals surface area contributed by atoms with Crippen LogP contribution >= 0.6 is 23.2 Å². The van der Waals surface area contributed by atoms with E-state index in [-0.39, 0.29) is 43.1 Å². The first kappa shape index (κ1) is 9.28. The first-order chi connectivity index (χ1) is 1.41. The van der Waals surface area contributed by atoms with E-state index in [1.807, 2.05) is 0 Å². The van der Waals surface area contributed by atoms with Gasteiger partial charge in [0, 0.05) is 37.7 Å². The molecule has 0 aliphatic rings. The SMILES string of the molecule is ClCCl.[Ar]. The normalized spacial score (nSPS) is 4.50. The molecule has 0 radical (unpaired) electrons. The predicted octanol–water partition coefficient (Wildman–Crippen LogP) is 1.42. The van der Waals surface area contributed by atoms with Gasteiger partial charge in [-0.15, -0.1) is 23.2 Å². The molecule has 0 heterocycles. The van der Waals surface area contributed by atoms with Gasteiger partial charge in [0.05, 0.1) is 5.34 Å². The van der Waals surface area contributed by atoms with Gasteiger partial charge in [-0.2, -0.15) is 0 Å². The summed E-state index contributed by atoms with van der Waals surface area (Å²) in [6.45, 7) is 0. The molecule has 0 saturated heterocycles. The van der Waals surface area contributed by atoms with Crippen molar-refractivity contribution >= 4 is 23.2 Å². The van der Waals surface area contributed by atoms with E-state index in [1.165, 1.54) is 0 Å². The maximum absolute atomic E-state index is 4.76. The quantitative estimate of drug-likeness (QED) is 0.429. The number of hydrogen-bond acceptors (Lipinski definition) is 0. The van der Waals surface area contributed by atoms with E-state index in [2.05, 4.69) is 0 Å². The molecule has 0 N–H and O–H groups in total. The van der Waals surface area contributed by atoms with Gasteiger partial charge in [0.15, 0.2) is 0 Å². The molecule has 0 aliphatic carbocycles. The van der Waals surface area contributed by atoms with Crippen LogP contribution in [0.5, 0.6) is 0 Å². The van der Waals surface area contributed by atoms with Crippen LogP contribution in [0.2, 0.25) is 0 Å². The van der Waals surface area contributed by atoms with E-state index in [9.17, 15) is 0 Å². The molecule has 0 aromatic heterocycles. The fourth-order valence-electron chi connectivity index (χ4n) is 0. The first-order valence-electron chi connectivity index (χ1n) is 0.535. The zero-order valence-electron chi connectivity index (χ0n) is 1.82. The van der Waals surface area contributed by atoms with Crippen LogP contribution in [0.1, 0.15) is 0 Å². The van der Waals surface area contributed by atoms with Crippen LogP contribution in [0.25, 0.3) is 0 Å². The van der Waals surface area contributed by atoms with Crippen molar-refractivity contribution in [3.8, 4) is 0 Å². The van der Waals surface area contributed by atoms with Gasteiger partial charge in [0.2, 0.25) is 0 Å². The Balaban J connectivity index is 0. The molecule has 4 heavy (non-hydrogen) atoms. The Morgan fingerprint density at radius 2 is 1.25 bits per heavy atom. The molecule has 0 unspecified atom stereocenters. The molecule has 0 aromatic rings. The Morgan fingerprint density at radius 1 is 1.25 bits per heavy atom. The Hall–Kier alpha value is 1.84. The van der Waals surface area contributed by atoms with E-state index in [0.29, 0.717) is 0 Å². The smallest absolute Gasteiger partial charge is 0.0967 e. The topological polar surface area (TPSA) is 0 Å². The second-order valence-electron chi connectivity index (χ2n) is 0.101. The second kappa shape index (κ2) is 8.85. The van der Waals surface area contributed by atoms with Crippen LogP contribution < -0.4 is 0 Å². The standard InChI is InChI=1S/CH2Cl2.Ar/c2-1-3;/h1H2;. The van der Waals surface area contributed by atoms with Gasteiger partial charge in [0.1, 0.15) is 0 Å². The molecule has 0 aromatic carbocycles. The molecule has 0 saturated carbocycles. The van der Waals surface area contributed by atoms with Crippen molar-refractivity contribution in [3.05, 3.63) is 0 Å². The summed E-state index contributed by atoms with van der Waals surface area (Å²) in [5, 5.41) is 0.194. The summed E-state index contributed by atoms with van der Waals surface area (Å²) in [5.41, 5.74) is 0. The monoisotopic (exact) mass is 124 g/mol. The summed E-state index contributed by atoms with van der Waals surface area (Å²) in [4.78, 5) is 0. The van der Waals surface area contributed by atoms with Gasteiger partial charge in [-0.25, -0.2) is 0 Å². The summed E-state index contributed by atoms with van der Waals surface area (Å²) in [7, 11) is 0. The molecular formula is CH2ArCl2. The third kappa shape index (κ3) is 9.15. The summed E-state index contributed by atoms with van der Waals surface area (Å²) >= 11 is 9.53. The average molecular weight is 125 g/mol. The van der Waals surface area contributed by atoms with E-state index >= 15 is 0 Å². The van der Waals surface area contributed by atoms with Crippen molar-refractivity contribution in [2.75, 3.05) is 5.34 Å². The predicted molar refractivity (Wildman–Crippen MR) is 16.6 cm³/mol. The molecule has 0 spiro atoms. The van der Waals surface area contributed by atoms with E-state index in [1.54, 1.807) is 0 Å². The molecule has 28 valence electrons. The molecule has 0 atom stereocenters. The van der Waals surface area contributed by atoms with E-state index < -0.39 is 0 Å². The minimum absolute atomic E-state index is 0. The van der Waals surface area contributed by atoms with Crippen LogP contribution in [0.3, 0.4) is 0 Å². The third-order valence-corrected chi connectivity index (χ3v) is 0. The molecule has 0 amide bonds. The summed E-state index contributed by atoms with van der Waals surface area (Å²) < 4.78 is 0. The Morgan fingerprint density at radius 3 is 1.25 bits per heavy atom. The molecule has 0 aliphatic heterocycles. The molecule has 0 fully saturated rings. The molecule has 0 rings (SSSR count). The molecule has 0 nitrogen and oxygen atoms in total. The minimum Gasteiger partial charge on any atom is -0.109 e. The van der Waals surface area contributed by atoms with Crippen LogP contribution in [-0.4, -0.2) is 5.34 Å². The van der Waals surface area contributed by atoms with Crippen molar-refractivity contribution in [2.45, 2.75) is 0 Å². The fraction of sp³-hybridized carbons (Fsp3) is 1.00. The zero-order chi connectivity index (χ0) is 2.71. The van der Waals surface area contributed by atoms with Gasteiger partial charge in [-0.3, -0.25) is 0 Å². The molecule has 0 bridgehead atoms. The van der Waals surface area contributed by atoms with E-state index in [0.717, 1.165) is 0 Å². The number of halogens is 2. The Kier molecular flexibility index (Phi) is 20.5. The van der Waals surface area contributed by atoms with Crippen molar-refractivity contribution in [2.24, 2.45) is 0 Å². The van der Waals surface area contributed by atoms with Crippen molar-refractivity contribution in [1.29, 1.82) is 0 Å². The van der Waals surface area contributed by atoms with Crippen LogP contribution in [-0.2, 0) is 0 Å². The van der Waals surface area contributed by atoms with Crippen LogP contribution in [0.4, 0.5) is 0 Å². The number of hydrogen-bond donors (Lipinski definition) is 0. The number of alkyl halides is 2. The Labute approximate surface area is 65.5 Å². The molecular weight excluding hydrogens is 123 g/mol. The average Bonchev–Trinajstić information content (AvgIpc) is 0.918. The molecule has 3 heteroatoms. The van der Waals surface area contributed by atoms with Crippen molar-refractivity contribution < 1.29 is 37.7 Å². The summed E-state index contributed by atoms with van der Waals surface area (Å²) in [5.74, 6) is 0. The second-order valence-corrected chi connectivity index (χ2v) is 0.909. The van der Waals surface area contributed by atoms with Gasteiger partial charge in [-0.1, -0.05) is 0 Å². The third-order valence-electron chi connectivity index (χ3n) is 0. The largest absolute Gasteiger partial charge is 0.109 e. The van der Waals surface area contributed by atoms with Crippen LogP contribution in [0.15, 0.2) is 0 Å². The van der Waals surface area contributed by atoms with Crippen LogP contribution in [0, 0.1) is 37.7 Å². The fourth-order valence-corrected chi connectivity index (χ4v) is 0. The van der Waals surface area contributed by atoms with Gasteiger partial charge in [-0.05, 0) is 0 Å². The number of rotatable bonds is 0. The Bertz CT molecular complexity index is 6.00. The summed E-state index contributed by atoms with van der Waals surface area (Å²) in [6, 6.07) is 0.